The van der Waals surface area contributed by atoms with Crippen molar-refractivity contribution < 1.29 is 14.7 Å². The first-order chi connectivity index (χ1) is 18.0. The maximum absolute atomic E-state index is 13.6. The number of rotatable bonds is 7. The molecule has 0 saturated carbocycles. The van der Waals surface area contributed by atoms with Gasteiger partial charge < -0.3 is 14.9 Å². The Morgan fingerprint density at radius 3 is 2.00 bits per heavy atom. The Labute approximate surface area is 234 Å². The van der Waals surface area contributed by atoms with E-state index < -0.39 is 0 Å². The molecule has 0 aliphatic carbocycles. The Morgan fingerprint density at radius 2 is 1.54 bits per heavy atom. The van der Waals surface area contributed by atoms with Gasteiger partial charge in [0.05, 0.1) is 6.54 Å². The number of hydrogen-bond acceptors (Lipinski definition) is 4. The van der Waals surface area contributed by atoms with Crippen LogP contribution in [0.5, 0.6) is 5.75 Å². The summed E-state index contributed by atoms with van der Waals surface area (Å²) >= 11 is 0. The molecule has 39 heavy (non-hydrogen) atoms. The molecule has 2 aromatic carbocycles. The van der Waals surface area contributed by atoms with Crippen molar-refractivity contribution in [2.75, 3.05) is 27.2 Å². The van der Waals surface area contributed by atoms with Gasteiger partial charge in [0.15, 0.2) is 5.78 Å². The van der Waals surface area contributed by atoms with Crippen molar-refractivity contribution in [2.45, 2.75) is 72.1 Å². The summed E-state index contributed by atoms with van der Waals surface area (Å²) in [6, 6.07) is 11.1. The minimum atomic E-state index is -0.324. The molecule has 1 amide bonds. The van der Waals surface area contributed by atoms with E-state index in [-0.39, 0.29) is 40.7 Å². The van der Waals surface area contributed by atoms with Gasteiger partial charge in [-0.15, -0.1) is 0 Å². The summed E-state index contributed by atoms with van der Waals surface area (Å²) in [5.41, 5.74) is 3.92. The number of phenols is 1. The predicted molar refractivity (Wildman–Crippen MR) is 160 cm³/mol. The van der Waals surface area contributed by atoms with Crippen molar-refractivity contribution in [1.82, 2.24) is 9.80 Å². The second-order valence-corrected chi connectivity index (χ2v) is 13.0. The van der Waals surface area contributed by atoms with Gasteiger partial charge in [-0.3, -0.25) is 15.0 Å². The lowest BCUT2D eigenvalue weighted by Gasteiger charge is -2.28. The third-order valence-electron chi connectivity index (χ3n) is 7.38. The first-order valence-corrected chi connectivity index (χ1v) is 13.8. The van der Waals surface area contributed by atoms with Gasteiger partial charge in [-0.2, -0.15) is 0 Å². The van der Waals surface area contributed by atoms with Crippen LogP contribution in [0.1, 0.15) is 98.7 Å². The Bertz CT molecular complexity index is 1240. The Hall–Kier alpha value is -3.41. The van der Waals surface area contributed by atoms with Crippen LogP contribution in [0.2, 0.25) is 0 Å². The van der Waals surface area contributed by atoms with Crippen LogP contribution in [0.15, 0.2) is 42.0 Å². The molecule has 1 saturated heterocycles. The van der Waals surface area contributed by atoms with Gasteiger partial charge in [0, 0.05) is 48.8 Å². The number of hydrogen-bond donors (Lipinski definition) is 2. The molecule has 0 bridgehead atoms. The van der Waals surface area contributed by atoms with E-state index in [0.29, 0.717) is 23.5 Å². The highest BCUT2D eigenvalue weighted by atomic mass is 16.3. The second-order valence-electron chi connectivity index (χ2n) is 13.0. The Kier molecular flexibility index (Phi) is 8.79. The van der Waals surface area contributed by atoms with Crippen molar-refractivity contribution in [3.05, 3.63) is 69.8 Å². The highest BCUT2D eigenvalue weighted by molar-refractivity contribution is 6.06. The number of nitrogens with one attached hydrogen (secondary N) is 1. The standard InChI is InChI=1S/C33H45N3O3/c1-10-11-23-19-36(30(34)25(23)16-21-12-14-22(15-13-21)31(39)35(8)9)20-28(37)24-17-26(32(2,3)4)29(38)27(18-24)33(5,6)7/h12-18,23,34,38H,10-11,19-20H2,1-9H3/b25-16+,34-30?. The lowest BCUT2D eigenvalue weighted by molar-refractivity contribution is 0.0827. The van der Waals surface area contributed by atoms with Gasteiger partial charge in [-0.05, 0) is 58.7 Å². The molecule has 0 radical (unpaired) electrons. The highest BCUT2D eigenvalue weighted by Crippen LogP contribution is 2.40. The number of amides is 1. The molecule has 1 aliphatic rings. The largest absolute Gasteiger partial charge is 0.507 e. The molecule has 1 heterocycles. The fourth-order valence-corrected chi connectivity index (χ4v) is 5.12. The molecular weight excluding hydrogens is 486 g/mol. The number of carbonyl (C=O) groups is 2. The Balaban J connectivity index is 1.91. The van der Waals surface area contributed by atoms with Gasteiger partial charge in [0.1, 0.15) is 11.6 Å². The summed E-state index contributed by atoms with van der Waals surface area (Å²) in [7, 11) is 3.46. The Morgan fingerprint density at radius 1 is 1.00 bits per heavy atom. The van der Waals surface area contributed by atoms with Crippen LogP contribution in [0, 0.1) is 11.3 Å². The summed E-state index contributed by atoms with van der Waals surface area (Å²) in [5, 5.41) is 20.0. The van der Waals surface area contributed by atoms with Gasteiger partial charge in [0.2, 0.25) is 0 Å². The number of carbonyl (C=O) groups excluding carboxylic acids is 2. The molecule has 210 valence electrons. The molecule has 0 spiro atoms. The van der Waals surface area contributed by atoms with E-state index in [1.54, 1.807) is 19.0 Å². The van der Waals surface area contributed by atoms with Crippen LogP contribution < -0.4 is 0 Å². The van der Waals surface area contributed by atoms with Crippen molar-refractivity contribution >= 4 is 23.6 Å². The minimum absolute atomic E-state index is 0.0465. The number of nitrogens with zero attached hydrogens (tertiary/aromatic N) is 2. The lowest BCUT2D eigenvalue weighted by Crippen LogP contribution is -2.31. The van der Waals surface area contributed by atoms with Gasteiger partial charge >= 0.3 is 0 Å². The molecule has 6 nitrogen and oxygen atoms in total. The zero-order valence-electron chi connectivity index (χ0n) is 25.1. The quantitative estimate of drug-likeness (QED) is 0.391. The average molecular weight is 532 g/mol. The molecule has 1 aliphatic heterocycles. The van der Waals surface area contributed by atoms with E-state index in [2.05, 4.69) is 6.92 Å². The average Bonchev–Trinajstić information content (AvgIpc) is 3.11. The number of phenolic OH excluding ortho intramolecular Hbond substituents is 1. The number of aromatic hydroxyl groups is 1. The summed E-state index contributed by atoms with van der Waals surface area (Å²) in [6.07, 6.45) is 3.93. The fourth-order valence-electron chi connectivity index (χ4n) is 5.12. The smallest absolute Gasteiger partial charge is 0.253 e. The van der Waals surface area contributed by atoms with E-state index in [1.165, 1.54) is 0 Å². The number of benzene rings is 2. The molecule has 1 fully saturated rings. The van der Waals surface area contributed by atoms with E-state index in [1.807, 2.05) is 88.9 Å². The van der Waals surface area contributed by atoms with Crippen LogP contribution in [0.3, 0.4) is 0 Å². The molecule has 2 aromatic rings. The highest BCUT2D eigenvalue weighted by Gasteiger charge is 2.34. The number of amidine groups is 1. The van der Waals surface area contributed by atoms with Crippen LogP contribution in [-0.2, 0) is 10.8 Å². The molecule has 2 N–H and O–H groups in total. The molecule has 0 aromatic heterocycles. The van der Waals surface area contributed by atoms with E-state index in [9.17, 15) is 14.7 Å². The maximum atomic E-state index is 13.6. The molecule has 1 unspecified atom stereocenters. The maximum Gasteiger partial charge on any atom is 0.253 e. The zero-order valence-corrected chi connectivity index (χ0v) is 25.1. The van der Waals surface area contributed by atoms with Gasteiger partial charge in [0.25, 0.3) is 5.91 Å². The van der Waals surface area contributed by atoms with Crippen molar-refractivity contribution in [2.24, 2.45) is 5.92 Å². The SMILES string of the molecule is CCCC1CN(CC(=O)c2cc(C(C)(C)C)c(O)c(C(C)(C)C)c2)C(=N)/C1=C/c1ccc(C(=O)N(C)C)cc1. The van der Waals surface area contributed by atoms with Gasteiger partial charge in [-0.1, -0.05) is 67.0 Å². The normalized spacial score (nSPS) is 17.2. The van der Waals surface area contributed by atoms with Crippen LogP contribution in [0.25, 0.3) is 6.08 Å². The second kappa shape index (κ2) is 11.4. The summed E-state index contributed by atoms with van der Waals surface area (Å²) in [6.45, 7) is 15.1. The van der Waals surface area contributed by atoms with Crippen molar-refractivity contribution in [3.8, 4) is 5.75 Å². The summed E-state index contributed by atoms with van der Waals surface area (Å²) in [5.74, 6) is 0.690. The topological polar surface area (TPSA) is 84.7 Å². The van der Waals surface area contributed by atoms with Crippen LogP contribution in [-0.4, -0.2) is 59.6 Å². The number of ketones is 1. The molecule has 1 atom stereocenters. The van der Waals surface area contributed by atoms with Crippen LogP contribution in [0.4, 0.5) is 0 Å². The fraction of sp³-hybridized carbons (Fsp3) is 0.485. The molecular formula is C33H45N3O3. The first-order valence-electron chi connectivity index (χ1n) is 13.8. The third-order valence-corrected chi connectivity index (χ3v) is 7.38. The van der Waals surface area contributed by atoms with Crippen molar-refractivity contribution in [3.63, 3.8) is 0 Å². The summed E-state index contributed by atoms with van der Waals surface area (Å²) < 4.78 is 0. The molecule has 3 rings (SSSR count). The first kappa shape index (κ1) is 30.1. The summed E-state index contributed by atoms with van der Waals surface area (Å²) in [4.78, 5) is 29.3. The van der Waals surface area contributed by atoms with E-state index in [4.69, 9.17) is 5.41 Å². The van der Waals surface area contributed by atoms with E-state index >= 15 is 0 Å². The number of Topliss-reactive ketones (excluding diaryl/α,β-unsaturated/α-hetero) is 1. The van der Waals surface area contributed by atoms with E-state index in [0.717, 1.165) is 35.1 Å². The third kappa shape index (κ3) is 6.78. The zero-order chi connectivity index (χ0) is 29.3. The van der Waals surface area contributed by atoms with Crippen LogP contribution >= 0.6 is 0 Å². The van der Waals surface area contributed by atoms with Gasteiger partial charge in [-0.25, -0.2) is 0 Å². The predicted octanol–water partition coefficient (Wildman–Crippen LogP) is 6.66. The van der Waals surface area contributed by atoms with Crippen molar-refractivity contribution in [1.29, 1.82) is 5.41 Å². The lowest BCUT2D eigenvalue weighted by atomic mass is 9.78. The monoisotopic (exact) mass is 531 g/mol. The molecule has 6 heteroatoms. The number of likely N-dealkylation sites (tertiary alicyclic amines) is 1. The minimum Gasteiger partial charge on any atom is -0.507 e.